The molecule has 0 amide bonds. The zero-order chi connectivity index (χ0) is 14.5. The lowest BCUT2D eigenvalue weighted by molar-refractivity contribution is 0.282. The van der Waals surface area contributed by atoms with Gasteiger partial charge in [0.25, 0.3) is 0 Å². The fourth-order valence-corrected chi connectivity index (χ4v) is 4.58. The summed E-state index contributed by atoms with van der Waals surface area (Å²) in [6, 6.07) is 1.57. The van der Waals surface area contributed by atoms with Crippen LogP contribution >= 0.6 is 11.3 Å². The predicted molar refractivity (Wildman–Crippen MR) is 77.8 cm³/mol. The molecular weight excluding hydrogens is 284 g/mol. The summed E-state index contributed by atoms with van der Waals surface area (Å²) in [4.78, 5) is 2.78. The molecule has 0 spiro atoms. The van der Waals surface area contributed by atoms with Crippen molar-refractivity contribution in [2.75, 3.05) is 33.7 Å². The summed E-state index contributed by atoms with van der Waals surface area (Å²) in [6.07, 6.45) is 0.790. The topological polar surface area (TPSA) is 60.9 Å². The van der Waals surface area contributed by atoms with Gasteiger partial charge in [-0.05, 0) is 38.5 Å². The Bertz CT molecular complexity index is 483. The number of hydrogen-bond donors (Lipinski definition) is 1. The Morgan fingerprint density at radius 3 is 2.53 bits per heavy atom. The van der Waals surface area contributed by atoms with E-state index in [1.54, 1.807) is 11.4 Å². The van der Waals surface area contributed by atoms with Crippen molar-refractivity contribution in [1.82, 2.24) is 9.21 Å². The van der Waals surface area contributed by atoms with E-state index in [2.05, 4.69) is 0 Å². The Labute approximate surface area is 119 Å². The number of sulfonamides is 1. The Morgan fingerprint density at radius 1 is 1.32 bits per heavy atom. The van der Waals surface area contributed by atoms with Crippen molar-refractivity contribution >= 4 is 21.4 Å². The lowest BCUT2D eigenvalue weighted by Gasteiger charge is -2.21. The molecule has 5 nitrogen and oxygen atoms in total. The van der Waals surface area contributed by atoms with Gasteiger partial charge in [0, 0.05) is 18.0 Å². The average molecular weight is 306 g/mol. The van der Waals surface area contributed by atoms with Gasteiger partial charge < -0.3 is 10.0 Å². The fourth-order valence-electron chi connectivity index (χ4n) is 1.82. The van der Waals surface area contributed by atoms with Crippen molar-refractivity contribution in [3.8, 4) is 0 Å². The second-order valence-corrected chi connectivity index (χ2v) is 7.43. The normalized spacial score (nSPS) is 12.5. The van der Waals surface area contributed by atoms with Gasteiger partial charge in [-0.1, -0.05) is 6.92 Å². The minimum absolute atomic E-state index is 0.235. The smallest absolute Gasteiger partial charge is 0.244 e. The molecule has 0 unspecified atom stereocenters. The number of nitrogens with zero attached hydrogens (tertiary/aromatic N) is 2. The van der Waals surface area contributed by atoms with E-state index in [4.69, 9.17) is 0 Å². The van der Waals surface area contributed by atoms with Crippen LogP contribution in [0.15, 0.2) is 16.3 Å². The lowest BCUT2D eigenvalue weighted by Crippen LogP contribution is -2.33. The second-order valence-electron chi connectivity index (χ2n) is 4.52. The van der Waals surface area contributed by atoms with E-state index >= 15 is 0 Å². The van der Waals surface area contributed by atoms with Gasteiger partial charge in [0.2, 0.25) is 10.0 Å². The quantitative estimate of drug-likeness (QED) is 0.784. The zero-order valence-electron chi connectivity index (χ0n) is 11.7. The van der Waals surface area contributed by atoms with Crippen LogP contribution in [0.5, 0.6) is 0 Å². The van der Waals surface area contributed by atoms with Crippen LogP contribution in [0.1, 0.15) is 18.2 Å². The summed E-state index contributed by atoms with van der Waals surface area (Å²) in [5.74, 6) is 0. The SMILES string of the molecule is CCN(CCCN(C)C)S(=O)(=O)c1ccsc1CO. The van der Waals surface area contributed by atoms with Crippen LogP contribution in [0, 0.1) is 0 Å². The molecule has 1 aromatic heterocycles. The molecule has 0 saturated carbocycles. The molecule has 7 heteroatoms. The zero-order valence-corrected chi connectivity index (χ0v) is 13.3. The molecule has 0 radical (unpaired) electrons. The van der Waals surface area contributed by atoms with E-state index in [-0.39, 0.29) is 11.5 Å². The summed E-state index contributed by atoms with van der Waals surface area (Å²) >= 11 is 1.27. The Balaban J connectivity index is 2.84. The van der Waals surface area contributed by atoms with E-state index in [9.17, 15) is 13.5 Å². The largest absolute Gasteiger partial charge is 0.391 e. The summed E-state index contributed by atoms with van der Waals surface area (Å²) in [5.41, 5.74) is 0. The molecule has 1 heterocycles. The van der Waals surface area contributed by atoms with E-state index in [0.29, 0.717) is 18.0 Å². The monoisotopic (exact) mass is 306 g/mol. The van der Waals surface area contributed by atoms with Crippen LogP contribution in [-0.4, -0.2) is 56.5 Å². The molecule has 19 heavy (non-hydrogen) atoms. The van der Waals surface area contributed by atoms with Crippen molar-refractivity contribution < 1.29 is 13.5 Å². The highest BCUT2D eigenvalue weighted by Gasteiger charge is 2.26. The molecule has 0 bridgehead atoms. The first kappa shape index (κ1) is 16.6. The van der Waals surface area contributed by atoms with Crippen molar-refractivity contribution in [2.24, 2.45) is 0 Å². The van der Waals surface area contributed by atoms with Crippen molar-refractivity contribution in [3.05, 3.63) is 16.3 Å². The highest BCUT2D eigenvalue weighted by Crippen LogP contribution is 2.25. The van der Waals surface area contributed by atoms with E-state index < -0.39 is 10.0 Å². The van der Waals surface area contributed by atoms with E-state index in [0.717, 1.165) is 13.0 Å². The summed E-state index contributed by atoms with van der Waals surface area (Å²) < 4.78 is 26.4. The van der Waals surface area contributed by atoms with Crippen LogP contribution < -0.4 is 0 Å². The molecule has 1 aromatic rings. The average Bonchev–Trinajstić information content (AvgIpc) is 2.82. The van der Waals surface area contributed by atoms with Crippen molar-refractivity contribution in [2.45, 2.75) is 24.8 Å². The van der Waals surface area contributed by atoms with Crippen LogP contribution in [0.4, 0.5) is 0 Å². The van der Waals surface area contributed by atoms with Crippen molar-refractivity contribution in [3.63, 3.8) is 0 Å². The van der Waals surface area contributed by atoms with Gasteiger partial charge in [0.05, 0.1) is 11.5 Å². The molecular formula is C12H22N2O3S2. The maximum atomic E-state index is 12.5. The highest BCUT2D eigenvalue weighted by atomic mass is 32.2. The summed E-state index contributed by atoms with van der Waals surface area (Å²) in [7, 11) is 0.448. The molecule has 0 aromatic carbocycles. The molecule has 1 N–H and O–H groups in total. The Hall–Kier alpha value is -0.470. The highest BCUT2D eigenvalue weighted by molar-refractivity contribution is 7.89. The standard InChI is InChI=1S/C12H22N2O3S2/c1-4-14(8-5-7-13(2)3)19(16,17)12-6-9-18-11(12)10-15/h6,9,15H,4-5,7-8,10H2,1-3H3. The Morgan fingerprint density at radius 2 is 2.00 bits per heavy atom. The van der Waals surface area contributed by atoms with Gasteiger partial charge in [-0.15, -0.1) is 11.3 Å². The summed E-state index contributed by atoms with van der Waals surface area (Å²) in [6.45, 7) is 3.39. The van der Waals surface area contributed by atoms with Crippen LogP contribution in [0.3, 0.4) is 0 Å². The minimum atomic E-state index is -3.48. The summed E-state index contributed by atoms with van der Waals surface area (Å²) in [5, 5.41) is 10.9. The molecule has 0 atom stereocenters. The predicted octanol–water partition coefficient (Wildman–Crippen LogP) is 1.20. The molecule has 0 fully saturated rings. The maximum absolute atomic E-state index is 12.5. The molecule has 0 aliphatic rings. The first-order valence-corrected chi connectivity index (χ1v) is 8.57. The van der Waals surface area contributed by atoms with Crippen molar-refractivity contribution in [1.29, 1.82) is 0 Å². The van der Waals surface area contributed by atoms with Gasteiger partial charge in [-0.2, -0.15) is 4.31 Å². The second kappa shape index (κ2) is 7.35. The fraction of sp³-hybridized carbons (Fsp3) is 0.667. The third-order valence-corrected chi connectivity index (χ3v) is 5.93. The van der Waals surface area contributed by atoms with Gasteiger partial charge in [0.1, 0.15) is 0 Å². The van der Waals surface area contributed by atoms with Gasteiger partial charge in [0.15, 0.2) is 0 Å². The molecule has 0 aliphatic carbocycles. The van der Waals surface area contributed by atoms with Crippen LogP contribution in [0.2, 0.25) is 0 Å². The van der Waals surface area contributed by atoms with Gasteiger partial charge >= 0.3 is 0 Å². The third kappa shape index (κ3) is 4.25. The molecule has 110 valence electrons. The first-order chi connectivity index (χ1) is 8.93. The molecule has 0 saturated heterocycles. The maximum Gasteiger partial charge on any atom is 0.244 e. The van der Waals surface area contributed by atoms with E-state index in [1.165, 1.54) is 15.6 Å². The Kier molecular flexibility index (Phi) is 6.41. The first-order valence-electron chi connectivity index (χ1n) is 6.25. The van der Waals surface area contributed by atoms with Crippen LogP contribution in [-0.2, 0) is 16.6 Å². The lowest BCUT2D eigenvalue weighted by atomic mass is 10.4. The van der Waals surface area contributed by atoms with E-state index in [1.807, 2.05) is 25.9 Å². The molecule has 0 aliphatic heterocycles. The minimum Gasteiger partial charge on any atom is -0.391 e. The third-order valence-electron chi connectivity index (χ3n) is 2.83. The number of aliphatic hydroxyl groups excluding tert-OH is 1. The number of aliphatic hydroxyl groups is 1. The van der Waals surface area contributed by atoms with Gasteiger partial charge in [-0.25, -0.2) is 8.42 Å². The van der Waals surface area contributed by atoms with Crippen LogP contribution in [0.25, 0.3) is 0 Å². The number of rotatable bonds is 8. The number of thiophene rings is 1. The number of hydrogen-bond acceptors (Lipinski definition) is 5. The molecule has 1 rings (SSSR count). The van der Waals surface area contributed by atoms with Gasteiger partial charge in [-0.3, -0.25) is 0 Å².